The number of hydrogen-bond donors (Lipinski definition) is 0. The molecule has 0 atom stereocenters. The molecule has 4 aromatic rings. The first-order valence-electron chi connectivity index (χ1n) is 8.15. The molecule has 0 aliphatic rings. The third kappa shape index (κ3) is 3.53. The lowest BCUT2D eigenvalue weighted by Gasteiger charge is -2.13. The molecule has 0 saturated carbocycles. The minimum Gasteiger partial charge on any atom is -0.361 e. The fourth-order valence-electron chi connectivity index (χ4n) is 2.73. The van der Waals surface area contributed by atoms with E-state index in [0.29, 0.717) is 27.7 Å². The van der Waals surface area contributed by atoms with Crippen molar-refractivity contribution in [2.75, 3.05) is 0 Å². The third-order valence-electron chi connectivity index (χ3n) is 3.98. The Labute approximate surface area is 166 Å². The van der Waals surface area contributed by atoms with E-state index in [0.717, 1.165) is 16.7 Å². The number of fused-ring (bicyclic) bond motifs is 1. The van der Waals surface area contributed by atoms with Crippen LogP contribution in [-0.2, 0) is 5.75 Å². The van der Waals surface area contributed by atoms with Gasteiger partial charge in [0.05, 0.1) is 22.3 Å². The molecule has 2 aromatic heterocycles. The molecule has 0 N–H and O–H groups in total. The first-order valence-corrected chi connectivity index (χ1v) is 9.51. The molecule has 0 unspecified atom stereocenters. The summed E-state index contributed by atoms with van der Waals surface area (Å²) in [6.07, 6.45) is 0. The maximum Gasteiger partial charge on any atom is 0.266 e. The van der Waals surface area contributed by atoms with Gasteiger partial charge in [-0.25, -0.2) is 13.8 Å². The highest BCUT2D eigenvalue weighted by Crippen LogP contribution is 2.26. The number of hydrogen-bond acceptors (Lipinski definition) is 5. The van der Waals surface area contributed by atoms with Crippen LogP contribution in [0.1, 0.15) is 11.5 Å². The van der Waals surface area contributed by atoms with Gasteiger partial charge >= 0.3 is 0 Å². The van der Waals surface area contributed by atoms with Crippen LogP contribution in [0.25, 0.3) is 16.6 Å². The zero-order valence-electron chi connectivity index (χ0n) is 14.4. The summed E-state index contributed by atoms with van der Waals surface area (Å²) in [7, 11) is 0. The molecule has 2 aromatic carbocycles. The van der Waals surface area contributed by atoms with E-state index >= 15 is 0 Å². The highest BCUT2D eigenvalue weighted by molar-refractivity contribution is 7.98. The molecule has 0 aliphatic carbocycles. The molecule has 9 heteroatoms. The molecule has 5 nitrogen and oxygen atoms in total. The summed E-state index contributed by atoms with van der Waals surface area (Å²) in [5, 5.41) is 4.74. The molecule has 0 saturated heterocycles. The lowest BCUT2D eigenvalue weighted by atomic mass is 10.2. The number of rotatable bonds is 4. The Morgan fingerprint density at radius 3 is 2.71 bits per heavy atom. The second-order valence-electron chi connectivity index (χ2n) is 6.01. The SMILES string of the molecule is Cc1cc(CSc2nc3ccc(Cl)cc3c(=O)n2-c2ccc(F)cc2F)no1. The minimum atomic E-state index is -0.871. The van der Waals surface area contributed by atoms with Crippen molar-refractivity contribution in [3.05, 3.63) is 80.9 Å². The summed E-state index contributed by atoms with van der Waals surface area (Å²) < 4.78 is 34.0. The van der Waals surface area contributed by atoms with Crippen molar-refractivity contribution in [2.45, 2.75) is 17.8 Å². The smallest absolute Gasteiger partial charge is 0.266 e. The van der Waals surface area contributed by atoms with Gasteiger partial charge in [-0.15, -0.1) is 0 Å². The first kappa shape index (κ1) is 18.6. The van der Waals surface area contributed by atoms with E-state index in [9.17, 15) is 13.6 Å². The molecule has 0 radical (unpaired) electrons. The van der Waals surface area contributed by atoms with E-state index in [2.05, 4.69) is 10.1 Å². The highest BCUT2D eigenvalue weighted by atomic mass is 35.5. The maximum absolute atomic E-state index is 14.5. The van der Waals surface area contributed by atoms with Crippen molar-refractivity contribution in [1.29, 1.82) is 0 Å². The van der Waals surface area contributed by atoms with Gasteiger partial charge in [0.2, 0.25) is 0 Å². The molecule has 28 heavy (non-hydrogen) atoms. The normalized spacial score (nSPS) is 11.3. The highest BCUT2D eigenvalue weighted by Gasteiger charge is 2.17. The van der Waals surface area contributed by atoms with Crippen molar-refractivity contribution >= 4 is 34.3 Å². The van der Waals surface area contributed by atoms with Crippen LogP contribution in [0.3, 0.4) is 0 Å². The summed E-state index contributed by atoms with van der Waals surface area (Å²) in [5.74, 6) is -0.604. The number of aromatic nitrogens is 3. The van der Waals surface area contributed by atoms with Gasteiger partial charge in [-0.2, -0.15) is 0 Å². The lowest BCUT2D eigenvalue weighted by molar-refractivity contribution is 0.393. The van der Waals surface area contributed by atoms with Crippen molar-refractivity contribution in [2.24, 2.45) is 0 Å². The van der Waals surface area contributed by atoms with Gasteiger partial charge in [-0.05, 0) is 37.3 Å². The van der Waals surface area contributed by atoms with Crippen LogP contribution in [0.2, 0.25) is 5.02 Å². The van der Waals surface area contributed by atoms with Crippen molar-refractivity contribution in [3.63, 3.8) is 0 Å². The Kier molecular flexibility index (Phi) is 4.91. The number of benzene rings is 2. The van der Waals surface area contributed by atoms with E-state index in [1.807, 2.05) is 0 Å². The standard InChI is InChI=1S/C19H12ClF2N3O2S/c1-10-6-13(24-27-10)9-28-19-23-16-4-2-11(20)7-14(16)18(26)25(19)17-5-3-12(21)8-15(17)22/h2-8H,9H2,1H3. The number of aryl methyl sites for hydroxylation is 1. The summed E-state index contributed by atoms with van der Waals surface area (Å²) in [6.45, 7) is 1.77. The molecular weight excluding hydrogens is 408 g/mol. The quantitative estimate of drug-likeness (QED) is 0.347. The molecular formula is C19H12ClF2N3O2S. The monoisotopic (exact) mass is 419 g/mol. The lowest BCUT2D eigenvalue weighted by Crippen LogP contribution is -2.22. The van der Waals surface area contributed by atoms with Gasteiger partial charge in [0, 0.05) is 22.9 Å². The average Bonchev–Trinajstić information content (AvgIpc) is 3.07. The minimum absolute atomic E-state index is 0.0976. The maximum atomic E-state index is 14.5. The fraction of sp³-hybridized carbons (Fsp3) is 0.105. The Bertz CT molecular complexity index is 1260. The first-order chi connectivity index (χ1) is 13.4. The van der Waals surface area contributed by atoms with Gasteiger partial charge in [-0.3, -0.25) is 9.36 Å². The zero-order valence-corrected chi connectivity index (χ0v) is 16.0. The predicted molar refractivity (Wildman–Crippen MR) is 103 cm³/mol. The largest absolute Gasteiger partial charge is 0.361 e. The van der Waals surface area contributed by atoms with E-state index in [1.165, 1.54) is 23.9 Å². The van der Waals surface area contributed by atoms with Crippen molar-refractivity contribution in [3.8, 4) is 5.69 Å². The van der Waals surface area contributed by atoms with Gasteiger partial charge in [0.25, 0.3) is 5.56 Å². The molecule has 0 spiro atoms. The molecule has 4 rings (SSSR count). The van der Waals surface area contributed by atoms with E-state index in [-0.39, 0.29) is 16.2 Å². The number of thioether (sulfide) groups is 1. The number of nitrogens with zero attached hydrogens (tertiary/aromatic N) is 3. The molecule has 0 bridgehead atoms. The predicted octanol–water partition coefficient (Wildman–Crippen LogP) is 4.91. The van der Waals surface area contributed by atoms with Crippen LogP contribution >= 0.6 is 23.4 Å². The van der Waals surface area contributed by atoms with E-state index in [1.54, 1.807) is 25.1 Å². The third-order valence-corrected chi connectivity index (χ3v) is 5.18. The summed E-state index contributed by atoms with van der Waals surface area (Å²) in [5.41, 5.74) is 0.475. The second kappa shape index (κ2) is 7.37. The Balaban J connectivity index is 1.90. The zero-order chi connectivity index (χ0) is 19.8. The van der Waals surface area contributed by atoms with Crippen molar-refractivity contribution in [1.82, 2.24) is 14.7 Å². The molecule has 0 fully saturated rings. The van der Waals surface area contributed by atoms with E-state index in [4.69, 9.17) is 16.1 Å². The summed E-state index contributed by atoms with van der Waals surface area (Å²) in [4.78, 5) is 17.6. The van der Waals surface area contributed by atoms with Gasteiger partial charge in [0.1, 0.15) is 17.4 Å². The Hall–Kier alpha value is -2.71. The van der Waals surface area contributed by atoms with Gasteiger partial charge < -0.3 is 4.52 Å². The number of halogens is 3. The fourth-order valence-corrected chi connectivity index (χ4v) is 3.79. The molecule has 0 aliphatic heterocycles. The summed E-state index contributed by atoms with van der Waals surface area (Å²) in [6, 6.07) is 9.48. The van der Waals surface area contributed by atoms with Crippen LogP contribution < -0.4 is 5.56 Å². The Morgan fingerprint density at radius 1 is 1.18 bits per heavy atom. The Morgan fingerprint density at radius 2 is 2.00 bits per heavy atom. The van der Waals surface area contributed by atoms with Gasteiger partial charge in [0.15, 0.2) is 5.16 Å². The molecule has 0 amide bonds. The summed E-state index contributed by atoms with van der Waals surface area (Å²) >= 11 is 7.19. The van der Waals surface area contributed by atoms with Crippen LogP contribution in [0.5, 0.6) is 0 Å². The van der Waals surface area contributed by atoms with E-state index < -0.39 is 17.2 Å². The van der Waals surface area contributed by atoms with Crippen molar-refractivity contribution < 1.29 is 13.3 Å². The van der Waals surface area contributed by atoms with Crippen LogP contribution in [0, 0.1) is 18.6 Å². The average molecular weight is 420 g/mol. The van der Waals surface area contributed by atoms with Crippen LogP contribution in [-0.4, -0.2) is 14.7 Å². The molecule has 2 heterocycles. The second-order valence-corrected chi connectivity index (χ2v) is 7.39. The van der Waals surface area contributed by atoms with Crippen LogP contribution in [0.4, 0.5) is 8.78 Å². The topological polar surface area (TPSA) is 60.9 Å². The molecule has 142 valence electrons. The van der Waals surface area contributed by atoms with Crippen LogP contribution in [0.15, 0.2) is 56.9 Å². The van der Waals surface area contributed by atoms with Gasteiger partial charge in [-0.1, -0.05) is 28.5 Å².